The number of carbonyl (C=O) groups excluding carboxylic acids is 1. The predicted octanol–water partition coefficient (Wildman–Crippen LogP) is 3.41. The number of ether oxygens (including phenoxy) is 1. The maximum Gasteiger partial charge on any atom is 0.251 e. The number of hydrogen-bond acceptors (Lipinski definition) is 4. The van der Waals surface area contributed by atoms with Crippen molar-refractivity contribution in [2.75, 3.05) is 13.7 Å². The first-order chi connectivity index (χ1) is 13.1. The predicted molar refractivity (Wildman–Crippen MR) is 110 cm³/mol. The van der Waals surface area contributed by atoms with Gasteiger partial charge in [0.05, 0.1) is 13.2 Å². The van der Waals surface area contributed by atoms with Gasteiger partial charge in [-0.1, -0.05) is 19.1 Å². The van der Waals surface area contributed by atoms with E-state index in [1.54, 1.807) is 13.0 Å². The fourth-order valence-corrected chi connectivity index (χ4v) is 4.34. The molecule has 2 rings (SSSR count). The van der Waals surface area contributed by atoms with Crippen LogP contribution in [0.25, 0.3) is 0 Å². The van der Waals surface area contributed by atoms with E-state index in [0.29, 0.717) is 0 Å². The molecule has 2 aromatic carbocycles. The van der Waals surface area contributed by atoms with Gasteiger partial charge in [-0.2, -0.15) is 0 Å². The van der Waals surface area contributed by atoms with Crippen LogP contribution in [0.3, 0.4) is 0 Å². The van der Waals surface area contributed by atoms with Gasteiger partial charge in [-0.25, -0.2) is 13.1 Å². The van der Waals surface area contributed by atoms with Crippen LogP contribution in [-0.2, 0) is 10.0 Å². The minimum atomic E-state index is -3.76. The Bertz CT molecular complexity index is 984. The molecule has 0 saturated heterocycles. The van der Waals surface area contributed by atoms with Crippen molar-refractivity contribution >= 4 is 15.9 Å². The Balaban J connectivity index is 2.33. The fourth-order valence-electron chi connectivity index (χ4n) is 3.10. The topological polar surface area (TPSA) is 84.5 Å². The molecule has 1 amide bonds. The van der Waals surface area contributed by atoms with Crippen LogP contribution >= 0.6 is 0 Å². The number of aryl methyl sites for hydroxylation is 3. The van der Waals surface area contributed by atoms with E-state index in [4.69, 9.17) is 4.74 Å². The van der Waals surface area contributed by atoms with Crippen molar-refractivity contribution in [2.24, 2.45) is 0 Å². The first-order valence-electron chi connectivity index (χ1n) is 9.17. The summed E-state index contributed by atoms with van der Waals surface area (Å²) in [5.74, 6) is -0.156. The molecule has 0 aliphatic rings. The number of rotatable bonds is 7. The van der Waals surface area contributed by atoms with Gasteiger partial charge in [0.2, 0.25) is 10.0 Å². The summed E-state index contributed by atoms with van der Waals surface area (Å²) in [6.45, 7) is 9.94. The van der Waals surface area contributed by atoms with Crippen LogP contribution in [0.5, 0.6) is 5.75 Å². The number of hydrogen-bond donors (Lipinski definition) is 2. The van der Waals surface area contributed by atoms with Crippen LogP contribution in [-0.4, -0.2) is 28.0 Å². The molecule has 28 heavy (non-hydrogen) atoms. The second-order valence-corrected chi connectivity index (χ2v) is 8.59. The lowest BCUT2D eigenvalue weighted by molar-refractivity contribution is 0.0939. The molecule has 2 N–H and O–H groups in total. The summed E-state index contributed by atoms with van der Waals surface area (Å²) in [6.07, 6.45) is 0. The number of methoxy groups -OCH3 is 1. The van der Waals surface area contributed by atoms with Gasteiger partial charge in [0.25, 0.3) is 5.91 Å². The third kappa shape index (κ3) is 4.72. The van der Waals surface area contributed by atoms with Crippen LogP contribution in [0.1, 0.15) is 52.5 Å². The van der Waals surface area contributed by atoms with Crippen molar-refractivity contribution in [3.8, 4) is 5.75 Å². The number of amides is 1. The monoisotopic (exact) mass is 404 g/mol. The minimum Gasteiger partial charge on any atom is -0.495 e. The second-order valence-electron chi connectivity index (χ2n) is 6.86. The Labute approximate surface area is 167 Å². The number of benzene rings is 2. The molecule has 7 heteroatoms. The summed E-state index contributed by atoms with van der Waals surface area (Å²) in [7, 11) is -2.37. The summed E-state index contributed by atoms with van der Waals surface area (Å²) in [4.78, 5) is 12.7. The molecule has 0 saturated carbocycles. The number of nitrogens with one attached hydrogen (secondary N) is 2. The van der Waals surface area contributed by atoms with E-state index >= 15 is 0 Å². The molecule has 0 aromatic heterocycles. The van der Waals surface area contributed by atoms with E-state index in [9.17, 15) is 13.2 Å². The Morgan fingerprint density at radius 1 is 1.07 bits per heavy atom. The van der Waals surface area contributed by atoms with E-state index in [-0.39, 0.29) is 34.7 Å². The summed E-state index contributed by atoms with van der Waals surface area (Å²) in [5, 5.41) is 2.95. The lowest BCUT2D eigenvalue weighted by Gasteiger charge is -2.19. The molecule has 0 radical (unpaired) electrons. The first-order valence-corrected chi connectivity index (χ1v) is 10.6. The lowest BCUT2D eigenvalue weighted by atomic mass is 9.96. The molecular weight excluding hydrogens is 376 g/mol. The van der Waals surface area contributed by atoms with E-state index in [1.807, 2.05) is 20.8 Å². The average molecular weight is 405 g/mol. The van der Waals surface area contributed by atoms with Crippen molar-refractivity contribution in [1.82, 2.24) is 10.0 Å². The molecule has 0 aliphatic heterocycles. The van der Waals surface area contributed by atoms with Crippen LogP contribution in [0, 0.1) is 20.8 Å². The third-order valence-corrected chi connectivity index (χ3v) is 6.31. The van der Waals surface area contributed by atoms with E-state index < -0.39 is 10.0 Å². The van der Waals surface area contributed by atoms with Crippen molar-refractivity contribution in [1.29, 1.82) is 0 Å². The SMILES string of the molecule is CCNS(=O)(=O)c1cc(C(=O)NC(C)c2cc(C)c(C)cc2C)ccc1OC. The first kappa shape index (κ1) is 21.9. The minimum absolute atomic E-state index is 0.0560. The molecule has 0 heterocycles. The highest BCUT2D eigenvalue weighted by atomic mass is 32.2. The fraction of sp³-hybridized carbons (Fsp3) is 0.381. The number of sulfonamides is 1. The van der Waals surface area contributed by atoms with Crippen molar-refractivity contribution in [3.05, 3.63) is 58.1 Å². The Kier molecular flexibility index (Phi) is 6.85. The molecule has 0 bridgehead atoms. The standard InChI is InChI=1S/C21H28N2O4S/c1-7-22-28(25,26)20-12-17(8-9-19(20)27-6)21(24)23-16(5)18-11-14(3)13(2)10-15(18)4/h8-12,16,22H,7H2,1-6H3,(H,23,24). The summed E-state index contributed by atoms with van der Waals surface area (Å²) < 4.78 is 32.4. The highest BCUT2D eigenvalue weighted by Gasteiger charge is 2.22. The highest BCUT2D eigenvalue weighted by Crippen LogP contribution is 2.26. The Morgan fingerprint density at radius 2 is 1.71 bits per heavy atom. The Hall–Kier alpha value is -2.38. The number of carbonyl (C=O) groups is 1. The average Bonchev–Trinajstić information content (AvgIpc) is 2.63. The van der Waals surface area contributed by atoms with E-state index in [0.717, 1.165) is 16.7 Å². The molecule has 2 aromatic rings. The van der Waals surface area contributed by atoms with E-state index in [1.165, 1.54) is 24.8 Å². The van der Waals surface area contributed by atoms with Crippen LogP contribution in [0.4, 0.5) is 0 Å². The second kappa shape index (κ2) is 8.75. The maximum absolute atomic E-state index is 12.8. The molecule has 1 unspecified atom stereocenters. The smallest absolute Gasteiger partial charge is 0.251 e. The van der Waals surface area contributed by atoms with Gasteiger partial charge in [-0.15, -0.1) is 0 Å². The molecule has 152 valence electrons. The van der Waals surface area contributed by atoms with Crippen LogP contribution < -0.4 is 14.8 Å². The highest BCUT2D eigenvalue weighted by molar-refractivity contribution is 7.89. The zero-order valence-electron chi connectivity index (χ0n) is 17.2. The van der Waals surface area contributed by atoms with Crippen molar-refractivity contribution in [2.45, 2.75) is 45.6 Å². The van der Waals surface area contributed by atoms with Crippen molar-refractivity contribution < 1.29 is 17.9 Å². The van der Waals surface area contributed by atoms with Gasteiger partial charge in [0.1, 0.15) is 10.6 Å². The molecule has 6 nitrogen and oxygen atoms in total. The molecule has 0 spiro atoms. The Morgan fingerprint density at radius 3 is 2.32 bits per heavy atom. The van der Waals surface area contributed by atoms with Gasteiger partial charge in [-0.3, -0.25) is 4.79 Å². The van der Waals surface area contributed by atoms with Gasteiger partial charge >= 0.3 is 0 Å². The maximum atomic E-state index is 12.8. The summed E-state index contributed by atoms with van der Waals surface area (Å²) in [5.41, 5.74) is 4.75. The molecule has 0 aliphatic carbocycles. The third-order valence-electron chi connectivity index (χ3n) is 4.75. The zero-order chi connectivity index (χ0) is 21.1. The molecular formula is C21H28N2O4S. The van der Waals surface area contributed by atoms with Gasteiger partial charge in [0.15, 0.2) is 0 Å². The zero-order valence-corrected chi connectivity index (χ0v) is 18.0. The van der Waals surface area contributed by atoms with Crippen LogP contribution in [0.2, 0.25) is 0 Å². The van der Waals surface area contributed by atoms with Gasteiger partial charge < -0.3 is 10.1 Å². The molecule has 1 atom stereocenters. The van der Waals surface area contributed by atoms with Crippen LogP contribution in [0.15, 0.2) is 35.2 Å². The van der Waals surface area contributed by atoms with Gasteiger partial charge in [0, 0.05) is 12.1 Å². The quantitative estimate of drug-likeness (QED) is 0.741. The normalized spacial score (nSPS) is 12.5. The van der Waals surface area contributed by atoms with Crippen molar-refractivity contribution in [3.63, 3.8) is 0 Å². The summed E-state index contributed by atoms with van der Waals surface area (Å²) in [6, 6.07) is 8.34. The lowest BCUT2D eigenvalue weighted by Crippen LogP contribution is -2.28. The largest absolute Gasteiger partial charge is 0.495 e. The van der Waals surface area contributed by atoms with E-state index in [2.05, 4.69) is 29.1 Å². The van der Waals surface area contributed by atoms with Gasteiger partial charge in [-0.05, 0) is 68.1 Å². The summed E-state index contributed by atoms with van der Waals surface area (Å²) >= 11 is 0. The molecule has 0 fully saturated rings.